The molecule has 1 aliphatic rings. The van der Waals surface area contributed by atoms with Gasteiger partial charge in [0.25, 0.3) is 0 Å². The van der Waals surface area contributed by atoms with Crippen LogP contribution in [-0.2, 0) is 16.4 Å². The van der Waals surface area contributed by atoms with Crippen molar-refractivity contribution >= 4 is 39.1 Å². The molecule has 0 spiro atoms. The molecule has 0 bridgehead atoms. The first-order chi connectivity index (χ1) is 18.5. The van der Waals surface area contributed by atoms with E-state index in [1.54, 1.807) is 52.3 Å². The number of rotatable bonds is 8. The van der Waals surface area contributed by atoms with Crippen LogP contribution < -0.4 is 20.7 Å². The van der Waals surface area contributed by atoms with Gasteiger partial charge in [-0.15, -0.1) is 9.78 Å². The van der Waals surface area contributed by atoms with Gasteiger partial charge >= 0.3 is 6.03 Å². The maximum absolute atomic E-state index is 13.2. The monoisotopic (exact) mass is 556 g/mol. The third-order valence-electron chi connectivity index (χ3n) is 6.75. The van der Waals surface area contributed by atoms with Crippen molar-refractivity contribution in [2.75, 3.05) is 63.3 Å². The molecular formula is C26H36N8O4S. The Labute approximate surface area is 229 Å². The number of aromatic nitrogens is 3. The molecule has 1 aromatic heterocycles. The van der Waals surface area contributed by atoms with Crippen molar-refractivity contribution in [1.29, 1.82) is 0 Å². The number of nitrogen functional groups attached to an aromatic ring is 1. The first-order valence-electron chi connectivity index (χ1n) is 12.7. The maximum atomic E-state index is 13.2. The van der Waals surface area contributed by atoms with Crippen LogP contribution in [0.5, 0.6) is 5.75 Å². The van der Waals surface area contributed by atoms with Gasteiger partial charge in [0.2, 0.25) is 11.9 Å². The molecule has 0 aliphatic carbocycles. The van der Waals surface area contributed by atoms with Crippen molar-refractivity contribution in [2.45, 2.75) is 30.5 Å². The smallest absolute Gasteiger partial charge is 0.348 e. The number of carbonyl (C=O) groups excluding carboxylic acids is 1. The van der Waals surface area contributed by atoms with Crippen molar-refractivity contribution in [3.8, 4) is 5.75 Å². The van der Waals surface area contributed by atoms with Gasteiger partial charge in [-0.1, -0.05) is 18.2 Å². The molecule has 1 amide bonds. The maximum Gasteiger partial charge on any atom is 0.348 e. The molecule has 13 heteroatoms. The van der Waals surface area contributed by atoms with Crippen molar-refractivity contribution in [3.63, 3.8) is 0 Å². The molecule has 210 valence electrons. The van der Waals surface area contributed by atoms with E-state index in [0.29, 0.717) is 17.0 Å². The Morgan fingerprint density at radius 1 is 1.15 bits per heavy atom. The standard InChI is InChI=1S/C26H36N8O4S/c1-18(2)39(36,37)23-9-7-6-8-19(23)17-32(4)26(35)34-24(27)29-25(30-34)28-21-11-10-20(16-22(21)38-5)33-14-12-31(3)13-15-33/h6-11,16,18H,12-15,17H2,1-5H3,(H3,27,28,29,30). The summed E-state index contributed by atoms with van der Waals surface area (Å²) in [5.74, 6) is 0.626. The fourth-order valence-corrected chi connectivity index (χ4v) is 5.61. The Bertz CT molecular complexity index is 1430. The van der Waals surface area contributed by atoms with Crippen LogP contribution in [0, 0.1) is 0 Å². The Balaban J connectivity index is 1.50. The molecule has 0 radical (unpaired) electrons. The van der Waals surface area contributed by atoms with Gasteiger partial charge in [0.15, 0.2) is 9.84 Å². The number of benzene rings is 2. The molecule has 12 nitrogen and oxygen atoms in total. The summed E-state index contributed by atoms with van der Waals surface area (Å²) >= 11 is 0. The largest absolute Gasteiger partial charge is 0.494 e. The second kappa shape index (κ2) is 11.5. The Morgan fingerprint density at radius 3 is 2.51 bits per heavy atom. The quantitative estimate of drug-likeness (QED) is 0.426. The highest BCUT2D eigenvalue weighted by Crippen LogP contribution is 2.32. The summed E-state index contributed by atoms with van der Waals surface area (Å²) in [6.45, 7) is 7.14. The van der Waals surface area contributed by atoms with E-state index in [1.807, 2.05) is 18.2 Å². The molecule has 3 N–H and O–H groups in total. The second-order valence-corrected chi connectivity index (χ2v) is 12.3. The molecule has 39 heavy (non-hydrogen) atoms. The van der Waals surface area contributed by atoms with Crippen molar-refractivity contribution < 1.29 is 17.9 Å². The number of methoxy groups -OCH3 is 1. The number of nitrogens with one attached hydrogen (secondary N) is 1. The predicted octanol–water partition coefficient (Wildman–Crippen LogP) is 2.65. The molecule has 0 saturated carbocycles. The number of amides is 1. The van der Waals surface area contributed by atoms with Gasteiger partial charge in [-0.05, 0) is 44.7 Å². The highest BCUT2D eigenvalue weighted by Gasteiger charge is 2.25. The summed E-state index contributed by atoms with van der Waals surface area (Å²) in [4.78, 5) is 23.5. The van der Waals surface area contributed by atoms with Crippen LogP contribution in [-0.4, -0.2) is 91.6 Å². The number of nitrogens with two attached hydrogens (primary N) is 1. The summed E-state index contributed by atoms with van der Waals surface area (Å²) in [7, 11) is 1.73. The third-order valence-corrected chi connectivity index (χ3v) is 9.00. The zero-order valence-corrected chi connectivity index (χ0v) is 23.8. The molecule has 1 aliphatic heterocycles. The van der Waals surface area contributed by atoms with Gasteiger partial charge in [-0.2, -0.15) is 4.98 Å². The first-order valence-corrected chi connectivity index (χ1v) is 14.2. The fourth-order valence-electron chi connectivity index (χ4n) is 4.33. The highest BCUT2D eigenvalue weighted by atomic mass is 32.2. The van der Waals surface area contributed by atoms with E-state index in [4.69, 9.17) is 10.5 Å². The lowest BCUT2D eigenvalue weighted by Crippen LogP contribution is -2.44. The second-order valence-electron chi connectivity index (χ2n) is 9.85. The van der Waals surface area contributed by atoms with E-state index in [9.17, 15) is 13.2 Å². The topological polar surface area (TPSA) is 139 Å². The van der Waals surface area contributed by atoms with Gasteiger partial charge in [0.1, 0.15) is 5.75 Å². The van der Waals surface area contributed by atoms with Gasteiger partial charge in [0, 0.05) is 51.5 Å². The number of anilines is 4. The zero-order chi connectivity index (χ0) is 28.3. The number of sulfone groups is 1. The van der Waals surface area contributed by atoms with Gasteiger partial charge in [0.05, 0.1) is 22.9 Å². The van der Waals surface area contributed by atoms with Gasteiger partial charge in [-0.3, -0.25) is 0 Å². The van der Waals surface area contributed by atoms with Crippen LogP contribution in [0.4, 0.5) is 28.1 Å². The Morgan fingerprint density at radius 2 is 1.85 bits per heavy atom. The van der Waals surface area contributed by atoms with Crippen LogP contribution in [0.2, 0.25) is 0 Å². The minimum Gasteiger partial charge on any atom is -0.494 e. The fraction of sp³-hybridized carbons (Fsp3) is 0.423. The Hall–Kier alpha value is -3.84. The molecule has 0 atom stereocenters. The third kappa shape index (κ3) is 6.09. The van der Waals surface area contributed by atoms with E-state index in [2.05, 4.69) is 32.2 Å². The minimum atomic E-state index is -3.53. The average molecular weight is 557 g/mol. The Kier molecular flexibility index (Phi) is 8.31. The molecular weight excluding hydrogens is 520 g/mol. The van der Waals surface area contributed by atoms with E-state index < -0.39 is 21.1 Å². The summed E-state index contributed by atoms with van der Waals surface area (Å²) in [5, 5.41) is 6.74. The molecule has 4 rings (SSSR count). The van der Waals surface area contributed by atoms with E-state index in [1.165, 1.54) is 4.90 Å². The summed E-state index contributed by atoms with van der Waals surface area (Å²) in [6.07, 6.45) is 0. The molecule has 1 saturated heterocycles. The van der Waals surface area contributed by atoms with Gasteiger partial charge in [-0.25, -0.2) is 13.2 Å². The van der Waals surface area contributed by atoms with Crippen molar-refractivity contribution in [2.24, 2.45) is 0 Å². The van der Waals surface area contributed by atoms with E-state index in [0.717, 1.165) is 36.5 Å². The molecule has 3 aromatic rings. The number of likely N-dealkylation sites (N-methyl/N-ethyl adjacent to an activating group) is 1. The van der Waals surface area contributed by atoms with E-state index >= 15 is 0 Å². The number of hydrogen-bond donors (Lipinski definition) is 2. The van der Waals surface area contributed by atoms with Crippen LogP contribution in [0.1, 0.15) is 19.4 Å². The minimum absolute atomic E-state index is 0.0462. The molecule has 2 heterocycles. The summed E-state index contributed by atoms with van der Waals surface area (Å²) in [6, 6.07) is 11.9. The lowest BCUT2D eigenvalue weighted by molar-refractivity contribution is 0.205. The van der Waals surface area contributed by atoms with Crippen molar-refractivity contribution in [1.82, 2.24) is 24.6 Å². The number of nitrogens with zero attached hydrogens (tertiary/aromatic N) is 6. The first kappa shape index (κ1) is 28.2. The van der Waals surface area contributed by atoms with Crippen LogP contribution >= 0.6 is 0 Å². The number of hydrogen-bond acceptors (Lipinski definition) is 10. The summed E-state index contributed by atoms with van der Waals surface area (Å²) < 4.78 is 32.2. The number of carbonyl (C=O) groups is 1. The highest BCUT2D eigenvalue weighted by molar-refractivity contribution is 7.92. The molecule has 0 unspecified atom stereocenters. The average Bonchev–Trinajstić information content (AvgIpc) is 3.28. The zero-order valence-electron chi connectivity index (χ0n) is 23.0. The number of ether oxygens (including phenoxy) is 1. The lowest BCUT2D eigenvalue weighted by atomic mass is 10.2. The van der Waals surface area contributed by atoms with Crippen molar-refractivity contribution in [3.05, 3.63) is 48.0 Å². The molecule has 1 fully saturated rings. The van der Waals surface area contributed by atoms with Crippen LogP contribution in [0.3, 0.4) is 0 Å². The van der Waals surface area contributed by atoms with Gasteiger partial charge < -0.3 is 30.5 Å². The van der Waals surface area contributed by atoms with Crippen LogP contribution in [0.25, 0.3) is 0 Å². The number of piperazine rings is 1. The SMILES string of the molecule is COc1cc(N2CCN(C)CC2)ccc1Nc1nc(N)n(C(=O)N(C)Cc2ccccc2S(=O)(=O)C(C)C)n1. The predicted molar refractivity (Wildman–Crippen MR) is 151 cm³/mol. The molecule has 2 aromatic carbocycles. The van der Waals surface area contributed by atoms with E-state index in [-0.39, 0.29) is 23.3 Å². The lowest BCUT2D eigenvalue weighted by Gasteiger charge is -2.34. The van der Waals surface area contributed by atoms with Crippen LogP contribution in [0.15, 0.2) is 47.4 Å². The summed E-state index contributed by atoms with van der Waals surface area (Å²) in [5.41, 5.74) is 8.22. The normalized spacial score (nSPS) is 14.5.